The van der Waals surface area contributed by atoms with E-state index in [2.05, 4.69) is 23.7 Å². The van der Waals surface area contributed by atoms with E-state index < -0.39 is 0 Å². The average molecular weight is 310 g/mol. The molecule has 2 rings (SSSR count). The SMILES string of the molecule is CCCC1NC(c2cccs2)N(CC(C)(C)OCC)C1=O. The summed E-state index contributed by atoms with van der Waals surface area (Å²) in [6.45, 7) is 9.45. The fourth-order valence-corrected chi connectivity index (χ4v) is 3.67. The number of nitrogens with zero attached hydrogens (tertiary/aromatic N) is 1. The summed E-state index contributed by atoms with van der Waals surface area (Å²) in [6.07, 6.45) is 1.86. The van der Waals surface area contributed by atoms with Crippen LogP contribution in [0.1, 0.15) is 51.6 Å². The Morgan fingerprint density at radius 3 is 2.76 bits per heavy atom. The van der Waals surface area contributed by atoms with Crippen molar-refractivity contribution >= 4 is 17.2 Å². The third kappa shape index (κ3) is 3.84. The van der Waals surface area contributed by atoms with Crippen molar-refractivity contribution in [3.63, 3.8) is 0 Å². The normalized spacial score (nSPS) is 23.0. The van der Waals surface area contributed by atoms with Crippen LogP contribution in [0, 0.1) is 0 Å². The van der Waals surface area contributed by atoms with E-state index in [0.717, 1.165) is 12.8 Å². The molecule has 1 aliphatic rings. The predicted molar refractivity (Wildman–Crippen MR) is 86.3 cm³/mol. The quantitative estimate of drug-likeness (QED) is 0.841. The van der Waals surface area contributed by atoms with Gasteiger partial charge in [0.05, 0.1) is 18.2 Å². The van der Waals surface area contributed by atoms with E-state index in [1.165, 1.54) is 4.88 Å². The number of thiophene rings is 1. The molecular formula is C16H26N2O2S. The van der Waals surface area contributed by atoms with Gasteiger partial charge in [-0.05, 0) is 38.6 Å². The van der Waals surface area contributed by atoms with Crippen molar-refractivity contribution < 1.29 is 9.53 Å². The number of hydrogen-bond donors (Lipinski definition) is 1. The van der Waals surface area contributed by atoms with Crippen LogP contribution in [0.5, 0.6) is 0 Å². The van der Waals surface area contributed by atoms with Crippen LogP contribution >= 0.6 is 11.3 Å². The Morgan fingerprint density at radius 2 is 2.19 bits per heavy atom. The molecule has 1 aliphatic heterocycles. The largest absolute Gasteiger partial charge is 0.374 e. The van der Waals surface area contributed by atoms with Gasteiger partial charge in [0.15, 0.2) is 0 Å². The third-order valence-corrected chi connectivity index (χ3v) is 4.65. The lowest BCUT2D eigenvalue weighted by atomic mass is 10.1. The molecule has 1 amide bonds. The van der Waals surface area contributed by atoms with Crippen LogP contribution in [0.2, 0.25) is 0 Å². The monoisotopic (exact) mass is 310 g/mol. The van der Waals surface area contributed by atoms with Gasteiger partial charge < -0.3 is 9.64 Å². The van der Waals surface area contributed by atoms with E-state index in [4.69, 9.17) is 4.74 Å². The lowest BCUT2D eigenvalue weighted by molar-refractivity contribution is -0.134. The van der Waals surface area contributed by atoms with Gasteiger partial charge >= 0.3 is 0 Å². The van der Waals surface area contributed by atoms with E-state index in [1.807, 2.05) is 31.7 Å². The van der Waals surface area contributed by atoms with E-state index in [0.29, 0.717) is 13.2 Å². The summed E-state index contributed by atoms with van der Waals surface area (Å²) in [7, 11) is 0. The molecule has 21 heavy (non-hydrogen) atoms. The van der Waals surface area contributed by atoms with Crippen LogP contribution in [0.15, 0.2) is 17.5 Å². The third-order valence-electron chi connectivity index (χ3n) is 3.73. The molecule has 2 heterocycles. The average Bonchev–Trinajstić information content (AvgIpc) is 3.02. The molecule has 1 N–H and O–H groups in total. The molecule has 5 heteroatoms. The maximum absolute atomic E-state index is 12.7. The molecule has 0 saturated carbocycles. The van der Waals surface area contributed by atoms with Crippen LogP contribution < -0.4 is 5.32 Å². The highest BCUT2D eigenvalue weighted by molar-refractivity contribution is 7.10. The molecule has 0 aliphatic carbocycles. The van der Waals surface area contributed by atoms with Gasteiger partial charge in [-0.1, -0.05) is 19.4 Å². The first-order valence-electron chi connectivity index (χ1n) is 7.72. The fourth-order valence-electron chi connectivity index (χ4n) is 2.87. The number of amides is 1. The zero-order valence-corrected chi connectivity index (χ0v) is 14.2. The maximum atomic E-state index is 12.7. The number of ether oxygens (including phenoxy) is 1. The highest BCUT2D eigenvalue weighted by atomic mass is 32.1. The van der Waals surface area contributed by atoms with Crippen molar-refractivity contribution in [1.82, 2.24) is 10.2 Å². The molecule has 118 valence electrons. The molecule has 0 bridgehead atoms. The van der Waals surface area contributed by atoms with Crippen LogP contribution in [0.3, 0.4) is 0 Å². The molecule has 0 radical (unpaired) electrons. The molecule has 4 nitrogen and oxygen atoms in total. The van der Waals surface area contributed by atoms with Crippen LogP contribution in [0.4, 0.5) is 0 Å². The minimum Gasteiger partial charge on any atom is -0.374 e. The van der Waals surface area contributed by atoms with Crippen molar-refractivity contribution in [2.24, 2.45) is 0 Å². The Hall–Kier alpha value is -0.910. The van der Waals surface area contributed by atoms with E-state index in [1.54, 1.807) is 11.3 Å². The summed E-state index contributed by atoms with van der Waals surface area (Å²) in [6, 6.07) is 4.05. The van der Waals surface area contributed by atoms with Gasteiger partial charge in [-0.25, -0.2) is 0 Å². The second-order valence-electron chi connectivity index (χ2n) is 6.08. The second-order valence-corrected chi connectivity index (χ2v) is 7.06. The van der Waals surface area contributed by atoms with Crippen LogP contribution in [-0.2, 0) is 9.53 Å². The number of carbonyl (C=O) groups excluding carboxylic acids is 1. The highest BCUT2D eigenvalue weighted by Gasteiger charge is 2.41. The zero-order valence-electron chi connectivity index (χ0n) is 13.4. The topological polar surface area (TPSA) is 41.6 Å². The molecule has 0 spiro atoms. The maximum Gasteiger partial charge on any atom is 0.241 e. The van der Waals surface area contributed by atoms with Crippen molar-refractivity contribution in [2.45, 2.75) is 58.3 Å². The minimum atomic E-state index is -0.331. The summed E-state index contributed by atoms with van der Waals surface area (Å²) < 4.78 is 5.78. The highest BCUT2D eigenvalue weighted by Crippen LogP contribution is 2.31. The fraction of sp³-hybridized carbons (Fsp3) is 0.688. The summed E-state index contributed by atoms with van der Waals surface area (Å²) >= 11 is 1.69. The van der Waals surface area contributed by atoms with E-state index >= 15 is 0 Å². The standard InChI is InChI=1S/C16H26N2O2S/c1-5-8-12-15(19)18(11-16(3,4)20-6-2)14(17-12)13-9-7-10-21-13/h7,9-10,12,14,17H,5-6,8,11H2,1-4H3. The van der Waals surface area contributed by atoms with Gasteiger partial charge in [-0.15, -0.1) is 11.3 Å². The molecule has 1 aromatic heterocycles. The summed E-state index contributed by atoms with van der Waals surface area (Å²) in [4.78, 5) is 15.8. The lowest BCUT2D eigenvalue weighted by Crippen LogP contribution is -2.43. The van der Waals surface area contributed by atoms with Crippen LogP contribution in [-0.4, -0.2) is 35.6 Å². The lowest BCUT2D eigenvalue weighted by Gasteiger charge is -2.33. The Balaban J connectivity index is 2.19. The Bertz CT molecular complexity index is 459. The van der Waals surface area contributed by atoms with Gasteiger partial charge in [-0.2, -0.15) is 0 Å². The molecule has 1 aromatic rings. The van der Waals surface area contributed by atoms with E-state index in [-0.39, 0.29) is 23.7 Å². The Labute approximate surface area is 131 Å². The molecule has 2 atom stereocenters. The molecule has 0 aromatic carbocycles. The molecular weight excluding hydrogens is 284 g/mol. The summed E-state index contributed by atoms with van der Waals surface area (Å²) in [5.74, 6) is 0.197. The Morgan fingerprint density at radius 1 is 1.43 bits per heavy atom. The summed E-state index contributed by atoms with van der Waals surface area (Å²) in [5.41, 5.74) is -0.331. The smallest absolute Gasteiger partial charge is 0.241 e. The van der Waals surface area contributed by atoms with Gasteiger partial charge in [0.1, 0.15) is 6.17 Å². The van der Waals surface area contributed by atoms with Gasteiger partial charge in [0.2, 0.25) is 5.91 Å². The zero-order chi connectivity index (χ0) is 15.5. The first-order valence-corrected chi connectivity index (χ1v) is 8.60. The number of hydrogen-bond acceptors (Lipinski definition) is 4. The van der Waals surface area contributed by atoms with Crippen molar-refractivity contribution in [1.29, 1.82) is 0 Å². The molecule has 2 unspecified atom stereocenters. The second kappa shape index (κ2) is 6.90. The molecule has 1 fully saturated rings. The number of nitrogens with one attached hydrogen (secondary N) is 1. The van der Waals surface area contributed by atoms with Crippen molar-refractivity contribution in [3.05, 3.63) is 22.4 Å². The minimum absolute atomic E-state index is 0.0196. The number of rotatable bonds is 7. The van der Waals surface area contributed by atoms with Crippen molar-refractivity contribution in [2.75, 3.05) is 13.2 Å². The number of carbonyl (C=O) groups is 1. The first kappa shape index (κ1) is 16.5. The Kier molecular flexibility index (Phi) is 5.41. The van der Waals surface area contributed by atoms with Gasteiger partial charge in [0, 0.05) is 11.5 Å². The predicted octanol–water partition coefficient (Wildman–Crippen LogP) is 3.16. The molecule has 1 saturated heterocycles. The summed E-state index contributed by atoms with van der Waals surface area (Å²) in [5, 5.41) is 5.55. The van der Waals surface area contributed by atoms with Gasteiger partial charge in [0.25, 0.3) is 0 Å². The van der Waals surface area contributed by atoms with Crippen LogP contribution in [0.25, 0.3) is 0 Å². The van der Waals surface area contributed by atoms with Gasteiger partial charge in [-0.3, -0.25) is 10.1 Å². The van der Waals surface area contributed by atoms with Crippen molar-refractivity contribution in [3.8, 4) is 0 Å². The van der Waals surface area contributed by atoms with E-state index in [9.17, 15) is 4.79 Å². The first-order chi connectivity index (χ1) is 9.98.